The largest absolute Gasteiger partial charge is 0.381 e. The summed E-state index contributed by atoms with van der Waals surface area (Å²) in [6, 6.07) is 11.1. The maximum atomic E-state index is 5.43. The normalized spacial score (nSPS) is 23.3. The van der Waals surface area contributed by atoms with Crippen LogP contribution < -0.4 is 5.32 Å². The molecule has 3 unspecified atom stereocenters. The van der Waals surface area contributed by atoms with Gasteiger partial charge in [-0.1, -0.05) is 18.2 Å². The Labute approximate surface area is 126 Å². The van der Waals surface area contributed by atoms with Crippen LogP contribution in [0.15, 0.2) is 42.7 Å². The van der Waals surface area contributed by atoms with E-state index in [1.807, 2.05) is 29.1 Å². The van der Waals surface area contributed by atoms with Gasteiger partial charge in [0.1, 0.15) is 0 Å². The molecular formula is C17H23N3O. The van der Waals surface area contributed by atoms with Gasteiger partial charge in [-0.05, 0) is 38.3 Å². The maximum Gasteiger partial charge on any atom is 0.0645 e. The summed E-state index contributed by atoms with van der Waals surface area (Å²) in [6.45, 7) is 2.20. The first-order valence-electron chi connectivity index (χ1n) is 7.65. The van der Waals surface area contributed by atoms with E-state index in [2.05, 4.69) is 35.7 Å². The molecule has 3 rings (SSSR count). The fourth-order valence-electron chi connectivity index (χ4n) is 3.04. The van der Waals surface area contributed by atoms with Gasteiger partial charge in [0.05, 0.1) is 18.0 Å². The molecule has 1 N–H and O–H groups in total. The molecular weight excluding hydrogens is 262 g/mol. The molecule has 0 spiro atoms. The molecule has 2 aromatic rings. The number of methoxy groups -OCH3 is 1. The highest BCUT2D eigenvalue weighted by Gasteiger charge is 2.25. The highest BCUT2D eigenvalue weighted by molar-refractivity contribution is 5.31. The highest BCUT2D eigenvalue weighted by atomic mass is 16.5. The van der Waals surface area contributed by atoms with Crippen LogP contribution in [0.4, 0.5) is 0 Å². The first-order chi connectivity index (χ1) is 10.3. The van der Waals surface area contributed by atoms with Crippen molar-refractivity contribution in [3.8, 4) is 5.69 Å². The molecule has 1 saturated carbocycles. The minimum atomic E-state index is 0.308. The predicted molar refractivity (Wildman–Crippen MR) is 83.6 cm³/mol. The van der Waals surface area contributed by atoms with Gasteiger partial charge in [-0.25, -0.2) is 4.68 Å². The molecule has 4 nitrogen and oxygen atoms in total. The number of ether oxygens (including phenoxy) is 1. The summed E-state index contributed by atoms with van der Waals surface area (Å²) in [5.41, 5.74) is 2.32. The van der Waals surface area contributed by atoms with Crippen LogP contribution in [0.1, 0.15) is 37.8 Å². The maximum absolute atomic E-state index is 5.43. The summed E-state index contributed by atoms with van der Waals surface area (Å²) in [7, 11) is 1.81. The van der Waals surface area contributed by atoms with Gasteiger partial charge in [-0.3, -0.25) is 0 Å². The first-order valence-corrected chi connectivity index (χ1v) is 7.65. The van der Waals surface area contributed by atoms with Gasteiger partial charge in [0.25, 0.3) is 0 Å². The number of hydrogen-bond donors (Lipinski definition) is 1. The number of para-hydroxylation sites is 1. The standard InChI is InChI=1S/C17H23N3O/c1-13(19-15-8-9-17(10-15)21-2)14-11-18-20(12-14)16-6-4-3-5-7-16/h3-7,11-13,15,17,19H,8-10H2,1-2H3. The van der Waals surface area contributed by atoms with Gasteiger partial charge in [-0.2, -0.15) is 5.10 Å². The lowest BCUT2D eigenvalue weighted by atomic mass is 10.1. The van der Waals surface area contributed by atoms with Crippen LogP contribution in [0.5, 0.6) is 0 Å². The number of nitrogens with zero attached hydrogens (tertiary/aromatic N) is 2. The summed E-state index contributed by atoms with van der Waals surface area (Å²) in [6.07, 6.45) is 7.93. The van der Waals surface area contributed by atoms with Crippen molar-refractivity contribution in [3.63, 3.8) is 0 Å². The Morgan fingerprint density at radius 3 is 2.81 bits per heavy atom. The highest BCUT2D eigenvalue weighted by Crippen LogP contribution is 2.24. The Bertz CT molecular complexity index is 566. The van der Waals surface area contributed by atoms with Gasteiger partial charge in [-0.15, -0.1) is 0 Å². The van der Waals surface area contributed by atoms with Crippen LogP contribution in [0.2, 0.25) is 0 Å². The number of hydrogen-bond acceptors (Lipinski definition) is 3. The van der Waals surface area contributed by atoms with Gasteiger partial charge in [0, 0.05) is 31.0 Å². The van der Waals surface area contributed by atoms with E-state index < -0.39 is 0 Å². The summed E-state index contributed by atoms with van der Waals surface area (Å²) >= 11 is 0. The van der Waals surface area contributed by atoms with E-state index in [0.717, 1.165) is 18.5 Å². The van der Waals surface area contributed by atoms with Crippen LogP contribution in [-0.2, 0) is 4.74 Å². The number of nitrogens with one attached hydrogen (secondary N) is 1. The third-order valence-corrected chi connectivity index (χ3v) is 4.33. The minimum Gasteiger partial charge on any atom is -0.381 e. The number of benzene rings is 1. The topological polar surface area (TPSA) is 39.1 Å². The average molecular weight is 285 g/mol. The van der Waals surface area contributed by atoms with E-state index in [1.54, 1.807) is 7.11 Å². The molecule has 0 amide bonds. The predicted octanol–water partition coefficient (Wildman–Crippen LogP) is 3.09. The van der Waals surface area contributed by atoms with Crippen molar-refractivity contribution in [2.75, 3.05) is 7.11 Å². The second kappa shape index (κ2) is 6.41. The van der Waals surface area contributed by atoms with Crippen LogP contribution in [0.3, 0.4) is 0 Å². The lowest BCUT2D eigenvalue weighted by Gasteiger charge is -2.18. The molecule has 0 aliphatic heterocycles. The zero-order valence-electron chi connectivity index (χ0n) is 12.7. The van der Waals surface area contributed by atoms with Crippen molar-refractivity contribution in [1.82, 2.24) is 15.1 Å². The van der Waals surface area contributed by atoms with Gasteiger partial charge in [0.15, 0.2) is 0 Å². The minimum absolute atomic E-state index is 0.308. The monoisotopic (exact) mass is 285 g/mol. The Balaban J connectivity index is 1.63. The summed E-state index contributed by atoms with van der Waals surface area (Å²) in [5, 5.41) is 8.16. The Hall–Kier alpha value is -1.65. The molecule has 4 heteroatoms. The molecule has 0 radical (unpaired) electrons. The second-order valence-electron chi connectivity index (χ2n) is 5.81. The van der Waals surface area contributed by atoms with E-state index in [-0.39, 0.29) is 0 Å². The molecule has 3 atom stereocenters. The lowest BCUT2D eigenvalue weighted by Crippen LogP contribution is -2.29. The fraction of sp³-hybridized carbons (Fsp3) is 0.471. The Kier molecular flexibility index (Phi) is 4.36. The van der Waals surface area contributed by atoms with Crippen molar-refractivity contribution in [2.45, 2.75) is 44.4 Å². The zero-order valence-corrected chi connectivity index (χ0v) is 12.7. The molecule has 0 saturated heterocycles. The van der Waals surface area contributed by atoms with Crippen LogP contribution in [0, 0.1) is 0 Å². The van der Waals surface area contributed by atoms with Crippen molar-refractivity contribution in [2.24, 2.45) is 0 Å². The van der Waals surface area contributed by atoms with Crippen LogP contribution in [-0.4, -0.2) is 29.0 Å². The van der Waals surface area contributed by atoms with Crippen molar-refractivity contribution in [3.05, 3.63) is 48.3 Å². The van der Waals surface area contributed by atoms with E-state index in [1.165, 1.54) is 12.0 Å². The van der Waals surface area contributed by atoms with E-state index in [0.29, 0.717) is 18.2 Å². The van der Waals surface area contributed by atoms with E-state index in [9.17, 15) is 0 Å². The van der Waals surface area contributed by atoms with Crippen molar-refractivity contribution >= 4 is 0 Å². The van der Waals surface area contributed by atoms with Crippen molar-refractivity contribution < 1.29 is 4.74 Å². The van der Waals surface area contributed by atoms with E-state index in [4.69, 9.17) is 4.74 Å². The smallest absolute Gasteiger partial charge is 0.0645 e. The summed E-state index contributed by atoms with van der Waals surface area (Å²) < 4.78 is 7.36. The number of aromatic nitrogens is 2. The molecule has 112 valence electrons. The quantitative estimate of drug-likeness (QED) is 0.917. The first kappa shape index (κ1) is 14.3. The third kappa shape index (κ3) is 3.34. The van der Waals surface area contributed by atoms with E-state index >= 15 is 0 Å². The average Bonchev–Trinajstić information content (AvgIpc) is 3.17. The Morgan fingerprint density at radius 1 is 1.29 bits per heavy atom. The molecule has 0 bridgehead atoms. The molecule has 21 heavy (non-hydrogen) atoms. The molecule has 1 aliphatic rings. The van der Waals surface area contributed by atoms with Crippen LogP contribution in [0.25, 0.3) is 5.69 Å². The van der Waals surface area contributed by atoms with Gasteiger partial charge in [0.2, 0.25) is 0 Å². The van der Waals surface area contributed by atoms with Gasteiger partial charge < -0.3 is 10.1 Å². The molecule has 1 aromatic heterocycles. The summed E-state index contributed by atoms with van der Waals surface area (Å²) in [4.78, 5) is 0. The molecule has 1 fully saturated rings. The molecule has 1 heterocycles. The third-order valence-electron chi connectivity index (χ3n) is 4.33. The van der Waals surface area contributed by atoms with Gasteiger partial charge >= 0.3 is 0 Å². The SMILES string of the molecule is COC1CCC(NC(C)c2cnn(-c3ccccc3)c2)C1. The van der Waals surface area contributed by atoms with Crippen molar-refractivity contribution in [1.29, 1.82) is 0 Å². The summed E-state index contributed by atoms with van der Waals surface area (Å²) in [5.74, 6) is 0. The Morgan fingerprint density at radius 2 is 2.10 bits per heavy atom. The second-order valence-corrected chi connectivity index (χ2v) is 5.81. The number of rotatable bonds is 5. The zero-order chi connectivity index (χ0) is 14.7. The lowest BCUT2D eigenvalue weighted by molar-refractivity contribution is 0.106. The fourth-order valence-corrected chi connectivity index (χ4v) is 3.04. The van der Waals surface area contributed by atoms with Crippen LogP contribution >= 0.6 is 0 Å². The molecule has 1 aliphatic carbocycles. The molecule has 1 aromatic carbocycles.